The first kappa shape index (κ1) is 14.0. The highest BCUT2D eigenvalue weighted by Gasteiger charge is 2.56. The van der Waals surface area contributed by atoms with Gasteiger partial charge < -0.3 is 5.11 Å². The van der Waals surface area contributed by atoms with Gasteiger partial charge in [0.15, 0.2) is 0 Å². The van der Waals surface area contributed by atoms with Crippen molar-refractivity contribution in [2.45, 2.75) is 12.8 Å². The molecule has 0 aromatic heterocycles. The van der Waals surface area contributed by atoms with Crippen LogP contribution in [0.25, 0.3) is 5.57 Å². The standard InChI is InChI=1S/C15H15NO4/c1-9-12-6-4-5-7-13(12)14(8-16(19)20)15(9,10(2)17)11(3)18/h4-7,14,17H,1-2,8H2,3H3/t14-,15?/m1/s1. The van der Waals surface area contributed by atoms with Crippen molar-refractivity contribution >= 4 is 11.4 Å². The van der Waals surface area contributed by atoms with Crippen LogP contribution >= 0.6 is 0 Å². The summed E-state index contributed by atoms with van der Waals surface area (Å²) in [6.07, 6.45) is 0. The monoisotopic (exact) mass is 273 g/mol. The van der Waals surface area contributed by atoms with Crippen LogP contribution in [0.4, 0.5) is 0 Å². The highest BCUT2D eigenvalue weighted by atomic mass is 16.6. The number of allylic oxidation sites excluding steroid dienone is 1. The average Bonchev–Trinajstić information content (AvgIpc) is 2.60. The lowest BCUT2D eigenvalue weighted by Gasteiger charge is -2.31. The summed E-state index contributed by atoms with van der Waals surface area (Å²) in [4.78, 5) is 22.6. The minimum atomic E-state index is -1.50. The van der Waals surface area contributed by atoms with Crippen LogP contribution in [-0.4, -0.2) is 22.4 Å². The fourth-order valence-electron chi connectivity index (χ4n) is 3.15. The number of hydrogen-bond donors (Lipinski definition) is 1. The van der Waals surface area contributed by atoms with E-state index in [9.17, 15) is 20.0 Å². The lowest BCUT2D eigenvalue weighted by Crippen LogP contribution is -2.37. The molecule has 1 aliphatic rings. The van der Waals surface area contributed by atoms with Crippen LogP contribution in [0, 0.1) is 15.5 Å². The number of carbonyl (C=O) groups excluding carboxylic acids is 1. The SMILES string of the molecule is C=C(O)C1(C(C)=O)C(=C)c2ccccc2[C@H]1C[N+](=O)[O-]. The predicted molar refractivity (Wildman–Crippen MR) is 75.0 cm³/mol. The molecule has 5 heteroatoms. The number of aliphatic hydroxyl groups is 1. The first-order valence-electron chi connectivity index (χ1n) is 6.13. The molecule has 20 heavy (non-hydrogen) atoms. The van der Waals surface area contributed by atoms with E-state index in [0.29, 0.717) is 16.7 Å². The van der Waals surface area contributed by atoms with E-state index < -0.39 is 34.3 Å². The van der Waals surface area contributed by atoms with E-state index in [0.717, 1.165) is 0 Å². The molecule has 1 unspecified atom stereocenters. The largest absolute Gasteiger partial charge is 0.511 e. The Balaban J connectivity index is 2.74. The van der Waals surface area contributed by atoms with Gasteiger partial charge in [-0.1, -0.05) is 37.4 Å². The first-order valence-corrected chi connectivity index (χ1v) is 6.13. The number of fused-ring (bicyclic) bond motifs is 1. The zero-order valence-electron chi connectivity index (χ0n) is 11.1. The summed E-state index contributed by atoms with van der Waals surface area (Å²) in [7, 11) is 0. The molecule has 1 aromatic rings. The van der Waals surface area contributed by atoms with Crippen LogP contribution in [0.1, 0.15) is 24.0 Å². The number of ketones is 1. The van der Waals surface area contributed by atoms with Crippen LogP contribution in [0.15, 0.2) is 43.2 Å². The van der Waals surface area contributed by atoms with Crippen molar-refractivity contribution in [2.75, 3.05) is 6.54 Å². The van der Waals surface area contributed by atoms with Crippen molar-refractivity contribution in [1.29, 1.82) is 0 Å². The fraction of sp³-hybridized carbons (Fsp3) is 0.267. The van der Waals surface area contributed by atoms with Crippen LogP contribution in [0.2, 0.25) is 0 Å². The minimum Gasteiger partial charge on any atom is -0.511 e. The van der Waals surface area contributed by atoms with Crippen LogP contribution < -0.4 is 0 Å². The number of nitro groups is 1. The van der Waals surface area contributed by atoms with Crippen LogP contribution in [0.5, 0.6) is 0 Å². The van der Waals surface area contributed by atoms with Crippen molar-refractivity contribution in [2.24, 2.45) is 5.41 Å². The lowest BCUT2D eigenvalue weighted by molar-refractivity contribution is -0.485. The van der Waals surface area contributed by atoms with Gasteiger partial charge in [0.1, 0.15) is 17.0 Å². The number of Topliss-reactive ketones (excluding diaryl/α,β-unsaturated/α-hetero) is 1. The zero-order chi connectivity index (χ0) is 15.1. The molecule has 0 aliphatic heterocycles. The Morgan fingerprint density at radius 2 is 2.10 bits per heavy atom. The zero-order valence-corrected chi connectivity index (χ0v) is 11.1. The molecule has 0 heterocycles. The van der Waals surface area contributed by atoms with Crippen molar-refractivity contribution in [3.63, 3.8) is 0 Å². The molecule has 1 aromatic carbocycles. The van der Waals surface area contributed by atoms with Crippen molar-refractivity contribution in [3.8, 4) is 0 Å². The Labute approximate surface area is 116 Å². The second kappa shape index (κ2) is 4.59. The molecule has 2 atom stereocenters. The smallest absolute Gasteiger partial charge is 0.212 e. The van der Waals surface area contributed by atoms with Crippen molar-refractivity contribution < 1.29 is 14.8 Å². The quantitative estimate of drug-likeness (QED) is 0.519. The van der Waals surface area contributed by atoms with Gasteiger partial charge in [-0.3, -0.25) is 14.9 Å². The molecule has 0 fully saturated rings. The highest BCUT2D eigenvalue weighted by molar-refractivity contribution is 6.03. The van der Waals surface area contributed by atoms with Gasteiger partial charge in [0.2, 0.25) is 6.54 Å². The molecular formula is C15H15NO4. The van der Waals surface area contributed by atoms with E-state index in [-0.39, 0.29) is 0 Å². The topological polar surface area (TPSA) is 80.4 Å². The predicted octanol–water partition coefficient (Wildman–Crippen LogP) is 2.72. The van der Waals surface area contributed by atoms with Crippen molar-refractivity contribution in [1.82, 2.24) is 0 Å². The third-order valence-corrected chi connectivity index (χ3v) is 4.00. The van der Waals surface area contributed by atoms with Gasteiger partial charge in [0.25, 0.3) is 0 Å². The molecule has 0 radical (unpaired) electrons. The van der Waals surface area contributed by atoms with E-state index >= 15 is 0 Å². The summed E-state index contributed by atoms with van der Waals surface area (Å²) in [6, 6.07) is 6.99. The molecule has 0 spiro atoms. The normalized spacial score (nSPS) is 24.2. The Kier molecular flexibility index (Phi) is 3.21. The van der Waals surface area contributed by atoms with Gasteiger partial charge in [-0.25, -0.2) is 0 Å². The third kappa shape index (κ3) is 1.66. The number of aliphatic hydroxyl groups excluding tert-OH is 1. The Morgan fingerprint density at radius 1 is 1.50 bits per heavy atom. The Morgan fingerprint density at radius 3 is 2.60 bits per heavy atom. The lowest BCUT2D eigenvalue weighted by atomic mass is 9.69. The van der Waals surface area contributed by atoms with Crippen molar-refractivity contribution in [3.05, 3.63) is 64.4 Å². The first-order chi connectivity index (χ1) is 9.33. The number of carbonyl (C=O) groups is 1. The molecule has 2 rings (SSSR count). The summed E-state index contributed by atoms with van der Waals surface area (Å²) >= 11 is 0. The Bertz CT molecular complexity index is 619. The molecule has 0 amide bonds. The highest BCUT2D eigenvalue weighted by Crippen LogP contribution is 2.57. The summed E-state index contributed by atoms with van der Waals surface area (Å²) < 4.78 is 0. The van der Waals surface area contributed by atoms with E-state index in [2.05, 4.69) is 13.2 Å². The Hall–Kier alpha value is -2.43. The average molecular weight is 273 g/mol. The van der Waals surface area contributed by atoms with Gasteiger partial charge in [-0.15, -0.1) is 0 Å². The van der Waals surface area contributed by atoms with Gasteiger partial charge in [0.05, 0.1) is 5.92 Å². The molecule has 104 valence electrons. The summed E-state index contributed by atoms with van der Waals surface area (Å²) in [5.74, 6) is -1.56. The van der Waals surface area contributed by atoms with E-state index in [1.54, 1.807) is 24.3 Å². The molecular weight excluding hydrogens is 258 g/mol. The van der Waals surface area contributed by atoms with Crippen LogP contribution in [0.3, 0.4) is 0 Å². The molecule has 0 bridgehead atoms. The number of hydrogen-bond acceptors (Lipinski definition) is 4. The third-order valence-electron chi connectivity index (χ3n) is 4.00. The number of benzene rings is 1. The number of nitrogens with zero attached hydrogens (tertiary/aromatic N) is 1. The van der Waals surface area contributed by atoms with Crippen LogP contribution in [-0.2, 0) is 4.79 Å². The number of rotatable bonds is 4. The second-order valence-corrected chi connectivity index (χ2v) is 4.94. The molecule has 5 nitrogen and oxygen atoms in total. The van der Waals surface area contributed by atoms with E-state index in [1.165, 1.54) is 6.92 Å². The molecule has 1 aliphatic carbocycles. The van der Waals surface area contributed by atoms with E-state index in [1.807, 2.05) is 0 Å². The maximum Gasteiger partial charge on any atom is 0.212 e. The fourth-order valence-corrected chi connectivity index (χ4v) is 3.15. The maximum atomic E-state index is 12.2. The van der Waals surface area contributed by atoms with E-state index in [4.69, 9.17) is 0 Å². The van der Waals surface area contributed by atoms with Gasteiger partial charge in [-0.2, -0.15) is 0 Å². The summed E-state index contributed by atoms with van der Waals surface area (Å²) in [5.41, 5.74) is 0.195. The molecule has 0 saturated carbocycles. The summed E-state index contributed by atoms with van der Waals surface area (Å²) in [5, 5.41) is 21.0. The maximum absolute atomic E-state index is 12.2. The minimum absolute atomic E-state index is 0.375. The second-order valence-electron chi connectivity index (χ2n) is 4.94. The van der Waals surface area contributed by atoms with Gasteiger partial charge in [0, 0.05) is 4.92 Å². The molecule has 0 saturated heterocycles. The van der Waals surface area contributed by atoms with Gasteiger partial charge >= 0.3 is 0 Å². The summed E-state index contributed by atoms with van der Waals surface area (Å²) in [6.45, 7) is 8.19. The molecule has 1 N–H and O–H groups in total. The van der Waals surface area contributed by atoms with Gasteiger partial charge in [-0.05, 0) is 23.6 Å².